The van der Waals surface area contributed by atoms with Gasteiger partial charge < -0.3 is 35.5 Å². The highest BCUT2D eigenvalue weighted by Gasteiger charge is 2.31. The third-order valence-electron chi connectivity index (χ3n) is 6.35. The molecule has 0 saturated carbocycles. The molecule has 0 aliphatic heterocycles. The molecule has 3 aromatic rings. The van der Waals surface area contributed by atoms with Crippen molar-refractivity contribution in [1.29, 1.82) is 0 Å². The van der Waals surface area contributed by atoms with E-state index >= 15 is 0 Å². The first-order valence-corrected chi connectivity index (χ1v) is 14.0. The van der Waals surface area contributed by atoms with Crippen LogP contribution in [-0.4, -0.2) is 51.8 Å². The number of rotatable bonds is 11. The summed E-state index contributed by atoms with van der Waals surface area (Å²) >= 11 is 5.96. The molecule has 1 aromatic heterocycles. The number of anilines is 2. The number of aromatic nitrogens is 1. The lowest BCUT2D eigenvalue weighted by atomic mass is 10.1. The zero-order valence-corrected chi connectivity index (χ0v) is 25.8. The molecule has 46 heavy (non-hydrogen) atoms. The summed E-state index contributed by atoms with van der Waals surface area (Å²) in [6.07, 6.45) is -1.32. The molecule has 2 amide bonds. The van der Waals surface area contributed by atoms with Crippen LogP contribution in [0.4, 0.5) is 28.9 Å². The molecule has 0 radical (unpaired) electrons. The molecule has 11 nitrogen and oxygen atoms in total. The van der Waals surface area contributed by atoms with E-state index in [2.05, 4.69) is 10.6 Å². The maximum atomic E-state index is 14.1. The number of nitrogens with one attached hydrogen (secondary N) is 2. The average molecular weight is 671 g/mol. The maximum Gasteiger partial charge on any atom is 0.308 e. The third kappa shape index (κ3) is 8.97. The molecule has 5 N–H and O–H groups in total. The normalized spacial score (nSPS) is 13.3. The van der Waals surface area contributed by atoms with Crippen molar-refractivity contribution in [2.45, 2.75) is 57.9 Å². The number of esters is 1. The molecule has 3 atom stereocenters. The molecule has 1 heterocycles. The Bertz CT molecular complexity index is 1670. The number of hydrogen-bond donors (Lipinski definition) is 4. The first-order chi connectivity index (χ1) is 21.4. The Hall–Kier alpha value is -4.63. The number of carbonyl (C=O) groups excluding carboxylic acids is 3. The van der Waals surface area contributed by atoms with Crippen LogP contribution in [0.2, 0.25) is 5.02 Å². The number of benzene rings is 2. The summed E-state index contributed by atoms with van der Waals surface area (Å²) in [5.74, 6) is -11.2. The van der Waals surface area contributed by atoms with Gasteiger partial charge in [-0.05, 0) is 58.0 Å². The summed E-state index contributed by atoms with van der Waals surface area (Å²) in [6, 6.07) is 3.89. The zero-order valence-electron chi connectivity index (χ0n) is 25.0. The van der Waals surface area contributed by atoms with Crippen LogP contribution in [0.1, 0.15) is 50.5 Å². The van der Waals surface area contributed by atoms with Crippen molar-refractivity contribution in [2.75, 3.05) is 17.7 Å². The van der Waals surface area contributed by atoms with E-state index in [0.29, 0.717) is 0 Å². The second-order valence-corrected chi connectivity index (χ2v) is 11.5. The number of hydrogen-bond acceptors (Lipinski definition) is 8. The van der Waals surface area contributed by atoms with Crippen LogP contribution in [-0.2, 0) is 14.3 Å². The number of carbonyl (C=O) groups is 3. The van der Waals surface area contributed by atoms with E-state index < -0.39 is 89.2 Å². The monoisotopic (exact) mass is 670 g/mol. The van der Waals surface area contributed by atoms with Crippen LogP contribution < -0.4 is 26.7 Å². The van der Waals surface area contributed by atoms with Crippen LogP contribution >= 0.6 is 11.6 Å². The maximum absolute atomic E-state index is 14.1. The zero-order chi connectivity index (χ0) is 34.5. The Kier molecular flexibility index (Phi) is 11.4. The third-order valence-corrected chi connectivity index (χ3v) is 6.68. The van der Waals surface area contributed by atoms with E-state index in [1.54, 1.807) is 20.8 Å². The minimum Gasteiger partial charge on any atom is -0.485 e. The van der Waals surface area contributed by atoms with E-state index in [9.17, 15) is 41.8 Å². The molecule has 0 aliphatic carbocycles. The Morgan fingerprint density at radius 3 is 2.28 bits per heavy atom. The van der Waals surface area contributed by atoms with E-state index in [1.807, 2.05) is 0 Å². The minimum atomic E-state index is -1.89. The quantitative estimate of drug-likeness (QED) is 0.103. The van der Waals surface area contributed by atoms with Gasteiger partial charge in [-0.1, -0.05) is 11.6 Å². The number of halogens is 5. The number of nitrogens with two attached hydrogens (primary N) is 1. The molecule has 0 aliphatic rings. The van der Waals surface area contributed by atoms with Crippen LogP contribution in [0.15, 0.2) is 47.4 Å². The van der Waals surface area contributed by atoms with Gasteiger partial charge in [0.15, 0.2) is 17.4 Å². The number of aliphatic hydroxyl groups is 1. The number of ether oxygens (including phenoxy) is 2. The van der Waals surface area contributed by atoms with E-state index in [-0.39, 0.29) is 28.0 Å². The number of amides is 2. The van der Waals surface area contributed by atoms with Crippen LogP contribution in [0.5, 0.6) is 5.75 Å². The fraction of sp³-hybridized carbons (Fsp3) is 0.333. The van der Waals surface area contributed by atoms with Gasteiger partial charge in [0, 0.05) is 17.8 Å². The summed E-state index contributed by atoms with van der Waals surface area (Å²) in [5.41, 5.74) is 4.02. The second kappa shape index (κ2) is 14.6. The number of nitrogens with zero attached hydrogens (tertiary/aromatic N) is 1. The SMILES string of the molecule is CC(C(=O)N[C@@H](CC(=O)OC(C)(C)C)C(O)COc1c(F)c(F)cc(F)c1F)n1cccc(NC(=O)c2ccc(N)c(Cl)c2)c1=O. The van der Waals surface area contributed by atoms with Gasteiger partial charge in [0.05, 0.1) is 23.2 Å². The Balaban J connectivity index is 1.82. The van der Waals surface area contributed by atoms with Gasteiger partial charge in [-0.25, -0.2) is 8.78 Å². The summed E-state index contributed by atoms with van der Waals surface area (Å²) in [5, 5.41) is 15.7. The summed E-state index contributed by atoms with van der Waals surface area (Å²) < 4.78 is 66.3. The summed E-state index contributed by atoms with van der Waals surface area (Å²) in [6.45, 7) is 4.95. The molecular formula is C30H31ClF4N4O7. The molecular weight excluding hydrogens is 640 g/mol. The Morgan fingerprint density at radius 1 is 1.07 bits per heavy atom. The predicted molar refractivity (Wildman–Crippen MR) is 159 cm³/mol. The van der Waals surface area contributed by atoms with E-state index in [4.69, 9.17) is 26.8 Å². The topological polar surface area (TPSA) is 162 Å². The van der Waals surface area contributed by atoms with Gasteiger partial charge in [0.1, 0.15) is 30.0 Å². The Morgan fingerprint density at radius 2 is 1.70 bits per heavy atom. The van der Waals surface area contributed by atoms with Crippen molar-refractivity contribution in [3.63, 3.8) is 0 Å². The van der Waals surface area contributed by atoms with E-state index in [0.717, 1.165) is 4.57 Å². The lowest BCUT2D eigenvalue weighted by molar-refractivity contribution is -0.156. The largest absolute Gasteiger partial charge is 0.485 e. The molecule has 248 valence electrons. The van der Waals surface area contributed by atoms with Gasteiger partial charge in [0.2, 0.25) is 17.5 Å². The van der Waals surface area contributed by atoms with Crippen molar-refractivity contribution in [3.8, 4) is 5.75 Å². The number of pyridine rings is 1. The van der Waals surface area contributed by atoms with Gasteiger partial charge in [-0.15, -0.1) is 0 Å². The second-order valence-electron chi connectivity index (χ2n) is 11.1. The average Bonchev–Trinajstić information content (AvgIpc) is 2.96. The van der Waals surface area contributed by atoms with Gasteiger partial charge in [-0.2, -0.15) is 8.78 Å². The predicted octanol–water partition coefficient (Wildman–Crippen LogP) is 4.11. The van der Waals surface area contributed by atoms with Crippen molar-refractivity contribution >= 4 is 40.8 Å². The first-order valence-electron chi connectivity index (χ1n) is 13.6. The first kappa shape index (κ1) is 35.8. The van der Waals surface area contributed by atoms with Crippen LogP contribution in [0.25, 0.3) is 0 Å². The molecule has 3 rings (SSSR count). The highest BCUT2D eigenvalue weighted by atomic mass is 35.5. The highest BCUT2D eigenvalue weighted by Crippen LogP contribution is 2.27. The van der Waals surface area contributed by atoms with Crippen molar-refractivity contribution in [3.05, 3.63) is 86.8 Å². The fourth-order valence-corrected chi connectivity index (χ4v) is 4.19. The van der Waals surface area contributed by atoms with Gasteiger partial charge in [-0.3, -0.25) is 19.2 Å². The Labute approximate surface area is 265 Å². The van der Waals surface area contributed by atoms with Crippen LogP contribution in [0.3, 0.4) is 0 Å². The molecule has 16 heteroatoms. The standard InChI is InChI=1S/C30H31ClF4N4O7/c1-14(39-9-5-6-20(29(39)44)37-28(43)15-7-8-19(36)16(31)10-15)27(42)38-21(12-23(41)46-30(2,3)4)22(40)13-45-26-24(34)17(32)11-18(33)25(26)35/h5-11,14,21-22,40H,12-13,36H2,1-4H3,(H,37,43)(H,38,42)/t14?,21-,22?/m0/s1. The van der Waals surface area contributed by atoms with Crippen LogP contribution in [0, 0.1) is 23.3 Å². The molecule has 2 aromatic carbocycles. The van der Waals surface area contributed by atoms with Gasteiger partial charge >= 0.3 is 5.97 Å². The molecule has 0 spiro atoms. The number of aliphatic hydroxyl groups excluding tert-OH is 1. The molecule has 0 bridgehead atoms. The summed E-state index contributed by atoms with van der Waals surface area (Å²) in [4.78, 5) is 51.7. The van der Waals surface area contributed by atoms with Crippen molar-refractivity contribution in [2.24, 2.45) is 0 Å². The minimum absolute atomic E-state index is 0.0310. The lowest BCUT2D eigenvalue weighted by Crippen LogP contribution is -2.50. The van der Waals surface area contributed by atoms with Crippen molar-refractivity contribution < 1.29 is 46.5 Å². The van der Waals surface area contributed by atoms with Gasteiger partial charge in [0.25, 0.3) is 11.5 Å². The highest BCUT2D eigenvalue weighted by molar-refractivity contribution is 6.33. The summed E-state index contributed by atoms with van der Waals surface area (Å²) in [7, 11) is 0. The lowest BCUT2D eigenvalue weighted by Gasteiger charge is -2.27. The smallest absolute Gasteiger partial charge is 0.308 e. The number of nitrogen functional groups attached to an aromatic ring is 1. The molecule has 2 unspecified atom stereocenters. The van der Waals surface area contributed by atoms with Crippen molar-refractivity contribution in [1.82, 2.24) is 9.88 Å². The molecule has 0 saturated heterocycles. The van der Waals surface area contributed by atoms with E-state index in [1.165, 1.54) is 43.5 Å². The molecule has 0 fully saturated rings. The fourth-order valence-electron chi connectivity index (χ4n) is 4.01.